The first kappa shape index (κ1) is 20.0. The molecule has 0 unspecified atom stereocenters. The van der Waals surface area contributed by atoms with E-state index in [2.05, 4.69) is 10.6 Å². The van der Waals surface area contributed by atoms with Crippen LogP contribution in [0.15, 0.2) is 18.2 Å². The van der Waals surface area contributed by atoms with E-state index in [0.29, 0.717) is 24.7 Å². The fraction of sp³-hybridized carbons (Fsp3) is 0.550. The third-order valence-corrected chi connectivity index (χ3v) is 4.86. The average molecular weight is 389 g/mol. The molecule has 1 atom stereocenters. The Labute approximate surface area is 164 Å². The lowest BCUT2D eigenvalue weighted by Gasteiger charge is -2.25. The minimum Gasteiger partial charge on any atom is -0.490 e. The number of fused-ring (bicyclic) bond motifs is 1. The van der Waals surface area contributed by atoms with Gasteiger partial charge in [-0.25, -0.2) is 4.79 Å². The lowest BCUT2D eigenvalue weighted by atomic mass is 9.95. The molecule has 0 aromatic heterocycles. The van der Waals surface area contributed by atoms with E-state index in [0.717, 1.165) is 16.9 Å². The van der Waals surface area contributed by atoms with Crippen molar-refractivity contribution in [2.24, 2.45) is 5.92 Å². The lowest BCUT2D eigenvalue weighted by Crippen LogP contribution is -2.44. The first-order valence-corrected chi connectivity index (χ1v) is 9.52. The normalized spacial score (nSPS) is 19.2. The number of carbonyl (C=O) groups is 3. The maximum Gasteiger partial charge on any atom is 0.325 e. The summed E-state index contributed by atoms with van der Waals surface area (Å²) in [6.45, 7) is 8.08. The zero-order valence-corrected chi connectivity index (χ0v) is 16.7. The highest BCUT2D eigenvalue weighted by Gasteiger charge is 2.45. The maximum atomic E-state index is 12.6. The molecule has 1 saturated heterocycles. The molecule has 2 aliphatic heterocycles. The molecule has 8 heteroatoms. The van der Waals surface area contributed by atoms with Gasteiger partial charge in [-0.3, -0.25) is 14.5 Å². The molecule has 0 saturated carbocycles. The van der Waals surface area contributed by atoms with E-state index < -0.39 is 23.4 Å². The molecule has 1 fully saturated rings. The molecular formula is C20H27N3O5. The van der Waals surface area contributed by atoms with Gasteiger partial charge >= 0.3 is 6.03 Å². The molecule has 2 N–H and O–H groups in total. The highest BCUT2D eigenvalue weighted by atomic mass is 16.5. The van der Waals surface area contributed by atoms with Crippen molar-refractivity contribution in [3.05, 3.63) is 23.8 Å². The molecule has 2 aliphatic rings. The molecule has 4 amide bonds. The Morgan fingerprint density at radius 3 is 2.50 bits per heavy atom. The molecule has 3 rings (SSSR count). The van der Waals surface area contributed by atoms with Gasteiger partial charge in [0.15, 0.2) is 11.5 Å². The summed E-state index contributed by atoms with van der Waals surface area (Å²) < 4.78 is 11.4. The molecule has 28 heavy (non-hydrogen) atoms. The van der Waals surface area contributed by atoms with Gasteiger partial charge in [0.05, 0.1) is 19.3 Å². The summed E-state index contributed by atoms with van der Waals surface area (Å²) in [5, 5.41) is 5.51. The second-order valence-electron chi connectivity index (χ2n) is 7.99. The molecule has 0 aliphatic carbocycles. The maximum absolute atomic E-state index is 12.6. The van der Waals surface area contributed by atoms with Crippen LogP contribution in [0.2, 0.25) is 0 Å². The molecular weight excluding hydrogens is 362 g/mol. The van der Waals surface area contributed by atoms with Crippen LogP contribution in [0, 0.1) is 5.92 Å². The summed E-state index contributed by atoms with van der Waals surface area (Å²) in [6.07, 6.45) is 0.816. The van der Waals surface area contributed by atoms with Crippen molar-refractivity contribution in [3.63, 3.8) is 0 Å². The summed E-state index contributed by atoms with van der Waals surface area (Å²) in [6, 6.07) is 4.77. The second-order valence-corrected chi connectivity index (χ2v) is 7.99. The third-order valence-electron chi connectivity index (χ3n) is 4.86. The number of nitrogens with one attached hydrogen (secondary N) is 2. The zero-order chi connectivity index (χ0) is 20.5. The predicted molar refractivity (Wildman–Crippen MR) is 102 cm³/mol. The van der Waals surface area contributed by atoms with Gasteiger partial charge in [-0.05, 0) is 37.5 Å². The van der Waals surface area contributed by atoms with Gasteiger partial charge in [0, 0.05) is 6.42 Å². The van der Waals surface area contributed by atoms with E-state index in [1.54, 1.807) is 13.8 Å². The summed E-state index contributed by atoms with van der Waals surface area (Å²) in [5.74, 6) is 0.631. The van der Waals surface area contributed by atoms with E-state index in [-0.39, 0.29) is 18.5 Å². The fourth-order valence-corrected chi connectivity index (χ4v) is 3.33. The van der Waals surface area contributed by atoms with E-state index in [1.807, 2.05) is 32.0 Å². The Hall–Kier alpha value is -2.77. The number of carbonyl (C=O) groups excluding carboxylic acids is 3. The van der Waals surface area contributed by atoms with Crippen LogP contribution in [0.3, 0.4) is 0 Å². The van der Waals surface area contributed by atoms with Crippen LogP contribution < -0.4 is 20.1 Å². The van der Waals surface area contributed by atoms with Crippen LogP contribution in [0.5, 0.6) is 11.5 Å². The van der Waals surface area contributed by atoms with Crippen molar-refractivity contribution in [1.29, 1.82) is 0 Å². The van der Waals surface area contributed by atoms with Crippen LogP contribution in [0.25, 0.3) is 0 Å². The molecule has 1 aromatic rings. The molecule has 152 valence electrons. The van der Waals surface area contributed by atoms with Gasteiger partial charge in [-0.2, -0.15) is 0 Å². The number of amides is 4. The van der Waals surface area contributed by atoms with Gasteiger partial charge in [-0.1, -0.05) is 19.9 Å². The second kappa shape index (κ2) is 7.69. The molecule has 1 aromatic carbocycles. The van der Waals surface area contributed by atoms with E-state index >= 15 is 0 Å². The Bertz CT molecular complexity index is 790. The van der Waals surface area contributed by atoms with Crippen LogP contribution in [-0.2, 0) is 9.59 Å². The first-order valence-electron chi connectivity index (χ1n) is 9.52. The zero-order valence-electron chi connectivity index (χ0n) is 16.7. The van der Waals surface area contributed by atoms with E-state index in [9.17, 15) is 14.4 Å². The molecule has 0 radical (unpaired) electrons. The monoisotopic (exact) mass is 389 g/mol. The summed E-state index contributed by atoms with van der Waals surface area (Å²) in [4.78, 5) is 37.8. The van der Waals surface area contributed by atoms with Crippen LogP contribution >= 0.6 is 0 Å². The number of benzene rings is 1. The average Bonchev–Trinajstić information content (AvgIpc) is 2.80. The Morgan fingerprint density at radius 1 is 1.21 bits per heavy atom. The highest BCUT2D eigenvalue weighted by Crippen LogP contribution is 2.34. The Morgan fingerprint density at radius 2 is 1.89 bits per heavy atom. The number of nitrogens with zero attached hydrogens (tertiary/aromatic N) is 1. The third kappa shape index (κ3) is 4.05. The van der Waals surface area contributed by atoms with E-state index in [1.165, 1.54) is 0 Å². The number of hydrogen-bond acceptors (Lipinski definition) is 5. The summed E-state index contributed by atoms with van der Waals surface area (Å²) in [5.41, 5.74) is -0.117. The minimum atomic E-state index is -0.997. The quantitative estimate of drug-likeness (QED) is 0.751. The SMILES string of the molecule is CC(C)[C@H](NC(=O)CN1C(=O)NC(C)(C)C1=O)c1ccc2c(c1)OCCCO2. The number of urea groups is 1. The smallest absolute Gasteiger partial charge is 0.325 e. The van der Waals surface area contributed by atoms with Crippen molar-refractivity contribution in [3.8, 4) is 11.5 Å². The minimum absolute atomic E-state index is 0.0910. The van der Waals surface area contributed by atoms with Crippen LogP contribution in [-0.4, -0.2) is 48.0 Å². The molecule has 2 heterocycles. The van der Waals surface area contributed by atoms with Gasteiger partial charge in [0.1, 0.15) is 12.1 Å². The standard InChI is InChI=1S/C20H27N3O5/c1-12(2)17(13-6-7-14-15(10-13)28-9-5-8-27-14)21-16(24)11-23-18(25)20(3,4)22-19(23)26/h6-7,10,12,17H,5,8-9,11H2,1-4H3,(H,21,24)(H,22,26)/t17-/m0/s1. The molecule has 0 bridgehead atoms. The Kier molecular flexibility index (Phi) is 5.49. The predicted octanol–water partition coefficient (Wildman–Crippen LogP) is 1.99. The number of hydrogen-bond donors (Lipinski definition) is 2. The van der Waals surface area contributed by atoms with Crippen molar-refractivity contribution in [2.75, 3.05) is 19.8 Å². The van der Waals surface area contributed by atoms with Gasteiger partial charge in [0.25, 0.3) is 5.91 Å². The van der Waals surface area contributed by atoms with Crippen LogP contribution in [0.1, 0.15) is 45.7 Å². The van der Waals surface area contributed by atoms with Crippen molar-refractivity contribution in [1.82, 2.24) is 15.5 Å². The first-order chi connectivity index (χ1) is 13.2. The number of ether oxygens (including phenoxy) is 2. The molecule has 8 nitrogen and oxygen atoms in total. The molecule has 0 spiro atoms. The highest BCUT2D eigenvalue weighted by molar-refractivity contribution is 6.08. The lowest BCUT2D eigenvalue weighted by molar-refractivity contribution is -0.134. The number of imide groups is 1. The topological polar surface area (TPSA) is 97.0 Å². The Balaban J connectivity index is 1.73. The summed E-state index contributed by atoms with van der Waals surface area (Å²) in [7, 11) is 0. The van der Waals surface area contributed by atoms with Crippen molar-refractivity contribution < 1.29 is 23.9 Å². The van der Waals surface area contributed by atoms with Crippen molar-refractivity contribution >= 4 is 17.8 Å². The number of rotatable bonds is 5. The van der Waals surface area contributed by atoms with Gasteiger partial charge < -0.3 is 20.1 Å². The van der Waals surface area contributed by atoms with Crippen LogP contribution in [0.4, 0.5) is 4.79 Å². The van der Waals surface area contributed by atoms with E-state index in [4.69, 9.17) is 9.47 Å². The van der Waals surface area contributed by atoms with Gasteiger partial charge in [0.2, 0.25) is 5.91 Å². The van der Waals surface area contributed by atoms with Gasteiger partial charge in [-0.15, -0.1) is 0 Å². The fourth-order valence-electron chi connectivity index (χ4n) is 3.33. The summed E-state index contributed by atoms with van der Waals surface area (Å²) >= 11 is 0. The van der Waals surface area contributed by atoms with Crippen molar-refractivity contribution in [2.45, 2.75) is 45.7 Å². The largest absolute Gasteiger partial charge is 0.490 e.